The Bertz CT molecular complexity index is 118. The van der Waals surface area contributed by atoms with Gasteiger partial charge in [0.1, 0.15) is 0 Å². The van der Waals surface area contributed by atoms with E-state index in [9.17, 15) is 0 Å². The molecule has 1 N–H and O–H groups in total. The van der Waals surface area contributed by atoms with E-state index in [1.54, 1.807) is 0 Å². The molecule has 3 nitrogen and oxygen atoms in total. The summed E-state index contributed by atoms with van der Waals surface area (Å²) in [5, 5.41) is 3.40. The molecule has 0 unspecified atom stereocenters. The van der Waals surface area contributed by atoms with Crippen LogP contribution in [0, 0.1) is 0 Å². The third kappa shape index (κ3) is 3.09. The van der Waals surface area contributed by atoms with Gasteiger partial charge in [0.25, 0.3) is 0 Å². The number of morpholine rings is 1. The monoisotopic (exact) mass is 206 g/mol. The van der Waals surface area contributed by atoms with E-state index in [0.717, 1.165) is 32.3 Å². The number of ether oxygens (including phenoxy) is 1. The first-order valence-corrected chi connectivity index (χ1v) is 4.99. The highest BCUT2D eigenvalue weighted by atomic mass is 35.5. The summed E-state index contributed by atoms with van der Waals surface area (Å²) < 4.78 is 5.33. The van der Waals surface area contributed by atoms with Crippen LogP contribution in [0.1, 0.15) is 12.8 Å². The van der Waals surface area contributed by atoms with Gasteiger partial charge in [0.2, 0.25) is 0 Å². The largest absolute Gasteiger partial charge is 0.379 e. The Morgan fingerprint density at radius 2 is 1.69 bits per heavy atom. The molecule has 0 aromatic carbocycles. The number of hydrogen-bond donors (Lipinski definition) is 1. The average Bonchev–Trinajstić information content (AvgIpc) is 2.21. The Hall–Kier alpha value is 0.170. The molecule has 0 bridgehead atoms. The molecule has 2 heterocycles. The molecule has 78 valence electrons. The molecule has 13 heavy (non-hydrogen) atoms. The van der Waals surface area contributed by atoms with Gasteiger partial charge in [-0.25, -0.2) is 0 Å². The first-order chi connectivity index (χ1) is 5.97. The van der Waals surface area contributed by atoms with E-state index in [0.29, 0.717) is 0 Å². The smallest absolute Gasteiger partial charge is 0.0594 e. The number of halogens is 1. The van der Waals surface area contributed by atoms with Gasteiger partial charge in [0.15, 0.2) is 0 Å². The van der Waals surface area contributed by atoms with Gasteiger partial charge in [-0.15, -0.1) is 12.4 Å². The molecule has 4 heteroatoms. The Morgan fingerprint density at radius 3 is 2.31 bits per heavy atom. The van der Waals surface area contributed by atoms with Crippen LogP contribution in [-0.4, -0.2) is 50.3 Å². The van der Waals surface area contributed by atoms with Crippen molar-refractivity contribution in [3.8, 4) is 0 Å². The van der Waals surface area contributed by atoms with Gasteiger partial charge in [-0.3, -0.25) is 4.90 Å². The normalized spacial score (nSPS) is 26.8. The van der Waals surface area contributed by atoms with Crippen LogP contribution < -0.4 is 5.32 Å². The molecule has 0 radical (unpaired) electrons. The second kappa shape index (κ2) is 5.81. The SMILES string of the molecule is C1CC(N2CCOCC2)CCN1.Cl. The molecule has 2 fully saturated rings. The lowest BCUT2D eigenvalue weighted by Gasteiger charge is -2.36. The Labute approximate surface area is 86.2 Å². The molecule has 0 aliphatic carbocycles. The molecular weight excluding hydrogens is 188 g/mol. The Morgan fingerprint density at radius 1 is 1.08 bits per heavy atom. The second-order valence-electron chi connectivity index (χ2n) is 3.63. The molecule has 2 rings (SSSR count). The zero-order valence-corrected chi connectivity index (χ0v) is 8.81. The van der Waals surface area contributed by atoms with Crippen molar-refractivity contribution < 1.29 is 4.74 Å². The van der Waals surface area contributed by atoms with E-state index in [2.05, 4.69) is 10.2 Å². The van der Waals surface area contributed by atoms with Gasteiger partial charge in [-0.1, -0.05) is 0 Å². The van der Waals surface area contributed by atoms with Gasteiger partial charge in [-0.2, -0.15) is 0 Å². The molecule has 2 aliphatic heterocycles. The van der Waals surface area contributed by atoms with Crippen LogP contribution in [-0.2, 0) is 4.74 Å². The van der Waals surface area contributed by atoms with Gasteiger partial charge in [0.05, 0.1) is 13.2 Å². The molecular formula is C9H19ClN2O. The van der Waals surface area contributed by atoms with Gasteiger partial charge >= 0.3 is 0 Å². The molecule has 2 aliphatic rings. The quantitative estimate of drug-likeness (QED) is 0.676. The summed E-state index contributed by atoms with van der Waals surface area (Å²) in [6.07, 6.45) is 2.64. The van der Waals surface area contributed by atoms with E-state index in [4.69, 9.17) is 4.74 Å². The van der Waals surface area contributed by atoms with Gasteiger partial charge in [0, 0.05) is 19.1 Å². The molecule has 2 saturated heterocycles. The Kier molecular flexibility index (Phi) is 5.02. The maximum Gasteiger partial charge on any atom is 0.0594 e. The summed E-state index contributed by atoms with van der Waals surface area (Å²) in [5.41, 5.74) is 0. The maximum atomic E-state index is 5.33. The fourth-order valence-corrected chi connectivity index (χ4v) is 2.11. The maximum absolute atomic E-state index is 5.33. The van der Waals surface area contributed by atoms with Gasteiger partial charge in [-0.05, 0) is 25.9 Å². The fourth-order valence-electron chi connectivity index (χ4n) is 2.11. The minimum atomic E-state index is 0. The Balaban J connectivity index is 0.000000845. The lowest BCUT2D eigenvalue weighted by molar-refractivity contribution is 0.0101. The summed E-state index contributed by atoms with van der Waals surface area (Å²) in [7, 11) is 0. The van der Waals surface area contributed by atoms with Crippen molar-refractivity contribution in [3.63, 3.8) is 0 Å². The number of piperidine rings is 1. The lowest BCUT2D eigenvalue weighted by atomic mass is 10.0. The summed E-state index contributed by atoms with van der Waals surface area (Å²) in [5.74, 6) is 0. The van der Waals surface area contributed by atoms with E-state index in [-0.39, 0.29) is 12.4 Å². The van der Waals surface area contributed by atoms with Crippen LogP contribution in [0.3, 0.4) is 0 Å². The third-order valence-electron chi connectivity index (χ3n) is 2.87. The van der Waals surface area contributed by atoms with Crippen molar-refractivity contribution in [1.29, 1.82) is 0 Å². The topological polar surface area (TPSA) is 24.5 Å². The van der Waals surface area contributed by atoms with Crippen molar-refractivity contribution in [2.45, 2.75) is 18.9 Å². The first-order valence-electron chi connectivity index (χ1n) is 4.99. The number of nitrogens with zero attached hydrogens (tertiary/aromatic N) is 1. The highest BCUT2D eigenvalue weighted by Crippen LogP contribution is 2.12. The number of rotatable bonds is 1. The molecule has 0 aromatic heterocycles. The van der Waals surface area contributed by atoms with E-state index in [1.165, 1.54) is 25.9 Å². The summed E-state index contributed by atoms with van der Waals surface area (Å²) >= 11 is 0. The predicted molar refractivity (Wildman–Crippen MR) is 55.5 cm³/mol. The molecule has 0 saturated carbocycles. The van der Waals surface area contributed by atoms with Crippen molar-refractivity contribution in [2.24, 2.45) is 0 Å². The van der Waals surface area contributed by atoms with Crippen LogP contribution in [0.2, 0.25) is 0 Å². The summed E-state index contributed by atoms with van der Waals surface area (Å²) in [4.78, 5) is 2.59. The molecule has 0 amide bonds. The zero-order chi connectivity index (χ0) is 8.23. The highest BCUT2D eigenvalue weighted by Gasteiger charge is 2.21. The van der Waals surface area contributed by atoms with E-state index in [1.807, 2.05) is 0 Å². The standard InChI is InChI=1S/C9H18N2O.ClH/c1-3-10-4-2-9(1)11-5-7-12-8-6-11;/h9-10H,1-8H2;1H. The van der Waals surface area contributed by atoms with Crippen molar-refractivity contribution >= 4 is 12.4 Å². The van der Waals surface area contributed by atoms with E-state index >= 15 is 0 Å². The first kappa shape index (κ1) is 11.2. The highest BCUT2D eigenvalue weighted by molar-refractivity contribution is 5.85. The molecule has 0 spiro atoms. The zero-order valence-electron chi connectivity index (χ0n) is 8.00. The van der Waals surface area contributed by atoms with Crippen molar-refractivity contribution in [3.05, 3.63) is 0 Å². The van der Waals surface area contributed by atoms with Crippen LogP contribution >= 0.6 is 12.4 Å². The third-order valence-corrected chi connectivity index (χ3v) is 2.87. The van der Waals surface area contributed by atoms with E-state index < -0.39 is 0 Å². The summed E-state index contributed by atoms with van der Waals surface area (Å²) in [6, 6.07) is 0.829. The van der Waals surface area contributed by atoms with Gasteiger partial charge < -0.3 is 10.1 Å². The van der Waals surface area contributed by atoms with Crippen LogP contribution in [0.4, 0.5) is 0 Å². The average molecular weight is 207 g/mol. The van der Waals surface area contributed by atoms with Crippen LogP contribution in [0.25, 0.3) is 0 Å². The van der Waals surface area contributed by atoms with Crippen LogP contribution in [0.5, 0.6) is 0 Å². The minimum Gasteiger partial charge on any atom is -0.379 e. The molecule has 0 aromatic rings. The summed E-state index contributed by atoms with van der Waals surface area (Å²) in [6.45, 7) is 6.55. The number of nitrogens with one attached hydrogen (secondary N) is 1. The van der Waals surface area contributed by atoms with Crippen LogP contribution in [0.15, 0.2) is 0 Å². The molecule has 0 atom stereocenters. The predicted octanol–water partition coefficient (Wildman–Crippen LogP) is 0.492. The second-order valence-corrected chi connectivity index (χ2v) is 3.63. The van der Waals surface area contributed by atoms with Crippen molar-refractivity contribution in [2.75, 3.05) is 39.4 Å². The minimum absolute atomic E-state index is 0. The number of hydrogen-bond acceptors (Lipinski definition) is 3. The van der Waals surface area contributed by atoms with Crippen molar-refractivity contribution in [1.82, 2.24) is 10.2 Å². The fraction of sp³-hybridized carbons (Fsp3) is 1.00. The lowest BCUT2D eigenvalue weighted by Crippen LogP contribution is -2.47.